The number of hydrogen-bond donors (Lipinski definition) is 1. The van der Waals surface area contributed by atoms with E-state index in [1.165, 1.54) is 4.31 Å². The highest BCUT2D eigenvalue weighted by atomic mass is 32.2. The van der Waals surface area contributed by atoms with E-state index in [0.717, 1.165) is 17.4 Å². The van der Waals surface area contributed by atoms with Gasteiger partial charge < -0.3 is 5.32 Å². The first-order chi connectivity index (χ1) is 12.2. The van der Waals surface area contributed by atoms with Gasteiger partial charge in [0, 0.05) is 6.20 Å². The predicted octanol–water partition coefficient (Wildman–Crippen LogP) is 2.56. The minimum Gasteiger partial charge on any atom is -0.349 e. The lowest BCUT2D eigenvalue weighted by molar-refractivity contribution is -0.122. The van der Waals surface area contributed by atoms with E-state index >= 15 is 0 Å². The lowest BCUT2D eigenvalue weighted by Crippen LogP contribution is -2.49. The van der Waals surface area contributed by atoms with Crippen LogP contribution in [0.5, 0.6) is 0 Å². The Kier molecular flexibility index (Phi) is 6.37. The highest BCUT2D eigenvalue weighted by Crippen LogP contribution is 2.27. The maximum atomic E-state index is 12.8. The summed E-state index contributed by atoms with van der Waals surface area (Å²) in [4.78, 5) is 16.9. The van der Waals surface area contributed by atoms with Crippen molar-refractivity contribution in [2.45, 2.75) is 39.8 Å². The number of anilines is 1. The lowest BCUT2D eigenvalue weighted by Gasteiger charge is -2.31. The number of rotatable bonds is 7. The summed E-state index contributed by atoms with van der Waals surface area (Å²) < 4.78 is 26.2. The summed E-state index contributed by atoms with van der Waals surface area (Å²) in [5.41, 5.74) is 2.99. The van der Waals surface area contributed by atoms with Crippen LogP contribution in [0.25, 0.3) is 0 Å². The van der Waals surface area contributed by atoms with Crippen LogP contribution < -0.4 is 9.62 Å². The van der Waals surface area contributed by atoms with Crippen molar-refractivity contribution in [3.05, 3.63) is 59.4 Å². The molecule has 0 radical (unpaired) electrons. The fraction of sp³-hybridized carbons (Fsp3) is 0.368. The molecular formula is C19H25N3O3S. The fourth-order valence-corrected chi connectivity index (χ4v) is 4.05. The molecule has 1 N–H and O–H groups in total. The zero-order valence-electron chi connectivity index (χ0n) is 15.6. The Morgan fingerprint density at radius 3 is 2.54 bits per heavy atom. The largest absolute Gasteiger partial charge is 0.349 e. The number of sulfonamides is 1. The summed E-state index contributed by atoms with van der Waals surface area (Å²) in [6, 6.07) is 10.2. The highest BCUT2D eigenvalue weighted by molar-refractivity contribution is 7.92. The molecular weight excluding hydrogens is 350 g/mol. The van der Waals surface area contributed by atoms with Crippen LogP contribution in [0.4, 0.5) is 5.69 Å². The quantitative estimate of drug-likeness (QED) is 0.807. The Morgan fingerprint density at radius 2 is 1.96 bits per heavy atom. The van der Waals surface area contributed by atoms with Gasteiger partial charge in [0.25, 0.3) is 0 Å². The summed E-state index contributed by atoms with van der Waals surface area (Å²) in [6.07, 6.45) is 3.13. The average molecular weight is 375 g/mol. The molecule has 140 valence electrons. The first kappa shape index (κ1) is 19.9. The van der Waals surface area contributed by atoms with Crippen LogP contribution in [-0.2, 0) is 21.4 Å². The highest BCUT2D eigenvalue weighted by Gasteiger charge is 2.32. The second-order valence-corrected chi connectivity index (χ2v) is 8.17. The monoisotopic (exact) mass is 375 g/mol. The summed E-state index contributed by atoms with van der Waals surface area (Å²) in [7, 11) is -3.64. The Bertz CT molecular complexity index is 867. The molecule has 6 nitrogen and oxygen atoms in total. The van der Waals surface area contributed by atoms with E-state index in [4.69, 9.17) is 0 Å². The zero-order valence-corrected chi connectivity index (χ0v) is 16.4. The van der Waals surface area contributed by atoms with E-state index in [2.05, 4.69) is 10.3 Å². The molecule has 0 saturated heterocycles. The number of amides is 1. The van der Waals surface area contributed by atoms with Gasteiger partial charge in [-0.05, 0) is 49.6 Å². The van der Waals surface area contributed by atoms with E-state index in [1.807, 2.05) is 32.0 Å². The Labute approximate surface area is 155 Å². The first-order valence-electron chi connectivity index (χ1n) is 8.48. The van der Waals surface area contributed by atoms with Crippen molar-refractivity contribution in [1.82, 2.24) is 10.3 Å². The number of carbonyl (C=O) groups is 1. The molecule has 2 aromatic rings. The minimum absolute atomic E-state index is 0.251. The molecule has 0 unspecified atom stereocenters. The number of aryl methyl sites for hydroxylation is 2. The van der Waals surface area contributed by atoms with Crippen LogP contribution in [0.3, 0.4) is 0 Å². The topological polar surface area (TPSA) is 79.4 Å². The number of carbonyl (C=O) groups excluding carboxylic acids is 1. The second kappa shape index (κ2) is 8.31. The van der Waals surface area contributed by atoms with Crippen LogP contribution in [0, 0.1) is 13.8 Å². The van der Waals surface area contributed by atoms with E-state index in [-0.39, 0.29) is 12.5 Å². The maximum Gasteiger partial charge on any atom is 0.244 e. The van der Waals surface area contributed by atoms with Crippen LogP contribution >= 0.6 is 0 Å². The van der Waals surface area contributed by atoms with Gasteiger partial charge in [-0.3, -0.25) is 14.1 Å². The van der Waals surface area contributed by atoms with Gasteiger partial charge >= 0.3 is 0 Å². The number of nitrogens with one attached hydrogen (secondary N) is 1. The molecule has 7 heteroatoms. The van der Waals surface area contributed by atoms with E-state index in [1.54, 1.807) is 31.3 Å². The molecule has 0 fully saturated rings. The van der Waals surface area contributed by atoms with Gasteiger partial charge in [0.1, 0.15) is 6.04 Å². The summed E-state index contributed by atoms with van der Waals surface area (Å²) in [5.74, 6) is -0.343. The van der Waals surface area contributed by atoms with Crippen molar-refractivity contribution >= 4 is 21.6 Å². The van der Waals surface area contributed by atoms with Crippen molar-refractivity contribution in [1.29, 1.82) is 0 Å². The molecule has 1 amide bonds. The number of nitrogens with zero attached hydrogens (tertiary/aromatic N) is 2. The number of hydrogen-bond acceptors (Lipinski definition) is 4. The van der Waals surface area contributed by atoms with Crippen molar-refractivity contribution in [2.75, 3.05) is 10.6 Å². The number of pyridine rings is 1. The van der Waals surface area contributed by atoms with Gasteiger partial charge in [0.2, 0.25) is 15.9 Å². The smallest absolute Gasteiger partial charge is 0.244 e. The van der Waals surface area contributed by atoms with Crippen LogP contribution in [0.2, 0.25) is 0 Å². The van der Waals surface area contributed by atoms with Crippen LogP contribution in [0.15, 0.2) is 42.6 Å². The standard InChI is InChI=1S/C19H25N3O3S/c1-5-17(19(23)21-13-16-8-6-7-11-20-16)22(26(4,24)25)18-12-14(2)9-10-15(18)3/h6-12,17H,5,13H2,1-4H3,(H,21,23)/t17-/m1/s1. The van der Waals surface area contributed by atoms with E-state index < -0.39 is 16.1 Å². The maximum absolute atomic E-state index is 12.8. The van der Waals surface area contributed by atoms with Crippen LogP contribution in [-0.4, -0.2) is 31.6 Å². The Balaban J connectivity index is 2.32. The molecule has 0 aliphatic carbocycles. The number of benzene rings is 1. The van der Waals surface area contributed by atoms with Gasteiger partial charge in [-0.25, -0.2) is 8.42 Å². The lowest BCUT2D eigenvalue weighted by atomic mass is 10.1. The summed E-state index contributed by atoms with van der Waals surface area (Å²) in [6.45, 7) is 5.78. The fourth-order valence-electron chi connectivity index (χ4n) is 2.79. The predicted molar refractivity (Wildman–Crippen MR) is 103 cm³/mol. The van der Waals surface area contributed by atoms with Gasteiger partial charge in [-0.15, -0.1) is 0 Å². The zero-order chi connectivity index (χ0) is 19.3. The molecule has 0 aliphatic heterocycles. The molecule has 2 rings (SSSR count). The number of aromatic nitrogens is 1. The van der Waals surface area contributed by atoms with Crippen LogP contribution in [0.1, 0.15) is 30.2 Å². The van der Waals surface area contributed by atoms with Crippen molar-refractivity contribution < 1.29 is 13.2 Å². The molecule has 0 aliphatic rings. The van der Waals surface area contributed by atoms with Gasteiger partial charge in [0.05, 0.1) is 24.2 Å². The third kappa shape index (κ3) is 4.82. The molecule has 1 atom stereocenters. The van der Waals surface area contributed by atoms with Crippen molar-refractivity contribution in [3.63, 3.8) is 0 Å². The molecule has 0 saturated carbocycles. The molecule has 1 aromatic carbocycles. The Morgan fingerprint density at radius 1 is 1.23 bits per heavy atom. The van der Waals surface area contributed by atoms with Crippen molar-refractivity contribution in [3.8, 4) is 0 Å². The summed E-state index contributed by atoms with van der Waals surface area (Å²) >= 11 is 0. The molecule has 1 heterocycles. The van der Waals surface area contributed by atoms with Gasteiger partial charge in [-0.2, -0.15) is 0 Å². The minimum atomic E-state index is -3.64. The summed E-state index contributed by atoms with van der Waals surface area (Å²) in [5, 5.41) is 2.80. The second-order valence-electron chi connectivity index (χ2n) is 6.31. The third-order valence-corrected chi connectivity index (χ3v) is 5.27. The normalized spacial score (nSPS) is 12.5. The SMILES string of the molecule is CC[C@H](C(=O)NCc1ccccn1)N(c1cc(C)ccc1C)S(C)(=O)=O. The van der Waals surface area contributed by atoms with Crippen molar-refractivity contribution in [2.24, 2.45) is 0 Å². The van der Waals surface area contributed by atoms with E-state index in [9.17, 15) is 13.2 Å². The first-order valence-corrected chi connectivity index (χ1v) is 10.3. The van der Waals surface area contributed by atoms with Gasteiger partial charge in [-0.1, -0.05) is 25.1 Å². The van der Waals surface area contributed by atoms with E-state index in [0.29, 0.717) is 17.8 Å². The van der Waals surface area contributed by atoms with Gasteiger partial charge in [0.15, 0.2) is 0 Å². The molecule has 0 bridgehead atoms. The average Bonchev–Trinajstić information content (AvgIpc) is 2.59. The molecule has 0 spiro atoms. The Hall–Kier alpha value is -2.41. The molecule has 1 aromatic heterocycles. The third-order valence-electron chi connectivity index (χ3n) is 4.10. The molecule has 26 heavy (non-hydrogen) atoms.